The van der Waals surface area contributed by atoms with Gasteiger partial charge in [0.05, 0.1) is 12.6 Å². The summed E-state index contributed by atoms with van der Waals surface area (Å²) in [5.41, 5.74) is 0. The molecule has 0 spiro atoms. The van der Waals surface area contributed by atoms with Crippen LogP contribution in [-0.2, 0) is 9.59 Å². The first-order valence-electron chi connectivity index (χ1n) is 7.44. The second-order valence-corrected chi connectivity index (χ2v) is 5.54. The van der Waals surface area contributed by atoms with Gasteiger partial charge in [0.15, 0.2) is 0 Å². The molecule has 0 aliphatic carbocycles. The van der Waals surface area contributed by atoms with Crippen LogP contribution in [0.4, 0.5) is 0 Å². The summed E-state index contributed by atoms with van der Waals surface area (Å²) in [6.07, 6.45) is 0.905. The Balaban J connectivity index is 2.41. The third kappa shape index (κ3) is 5.09. The van der Waals surface area contributed by atoms with Gasteiger partial charge in [-0.05, 0) is 27.3 Å². The molecule has 6 nitrogen and oxygen atoms in total. The number of piperazine rings is 1. The maximum absolute atomic E-state index is 12.1. The summed E-state index contributed by atoms with van der Waals surface area (Å²) < 4.78 is 0. The average Bonchev–Trinajstić information content (AvgIpc) is 2.46. The number of nitrogens with one attached hydrogen (secondary N) is 2. The zero-order valence-electron chi connectivity index (χ0n) is 13.1. The molecule has 0 aromatic rings. The molecule has 2 amide bonds. The minimum atomic E-state index is -0.295. The lowest BCUT2D eigenvalue weighted by atomic mass is 10.2. The smallest absolute Gasteiger partial charge is 0.237 e. The maximum atomic E-state index is 12.1. The summed E-state index contributed by atoms with van der Waals surface area (Å²) in [4.78, 5) is 27.8. The molecule has 116 valence electrons. The quantitative estimate of drug-likeness (QED) is 0.700. The first-order chi connectivity index (χ1) is 9.45. The Morgan fingerprint density at radius 3 is 2.45 bits per heavy atom. The summed E-state index contributed by atoms with van der Waals surface area (Å²) in [5, 5.41) is 6.17. The van der Waals surface area contributed by atoms with Crippen LogP contribution in [0.2, 0.25) is 0 Å². The first-order valence-corrected chi connectivity index (χ1v) is 7.44. The highest BCUT2D eigenvalue weighted by atomic mass is 16.2. The fraction of sp³-hybridized carbons (Fsp3) is 0.857. The van der Waals surface area contributed by atoms with Crippen molar-refractivity contribution in [3.05, 3.63) is 0 Å². The van der Waals surface area contributed by atoms with E-state index in [0.29, 0.717) is 0 Å². The van der Waals surface area contributed by atoms with Gasteiger partial charge < -0.3 is 15.5 Å². The van der Waals surface area contributed by atoms with Gasteiger partial charge in [-0.25, -0.2) is 0 Å². The maximum Gasteiger partial charge on any atom is 0.237 e. The minimum absolute atomic E-state index is 0.0186. The van der Waals surface area contributed by atoms with E-state index in [2.05, 4.69) is 10.6 Å². The van der Waals surface area contributed by atoms with E-state index < -0.39 is 0 Å². The SMILES string of the molecule is CCC(C)NC(=O)C(C)N(C)CC(=O)N1CCNCC1. The van der Waals surface area contributed by atoms with Crippen molar-refractivity contribution in [3.63, 3.8) is 0 Å². The van der Waals surface area contributed by atoms with E-state index in [4.69, 9.17) is 0 Å². The zero-order valence-corrected chi connectivity index (χ0v) is 13.1. The zero-order chi connectivity index (χ0) is 15.1. The van der Waals surface area contributed by atoms with Crippen LogP contribution in [0.15, 0.2) is 0 Å². The van der Waals surface area contributed by atoms with E-state index in [1.165, 1.54) is 0 Å². The number of hydrogen-bond acceptors (Lipinski definition) is 4. The molecule has 6 heteroatoms. The van der Waals surface area contributed by atoms with Crippen molar-refractivity contribution in [3.8, 4) is 0 Å². The van der Waals surface area contributed by atoms with Crippen molar-refractivity contribution in [1.82, 2.24) is 20.4 Å². The lowest BCUT2D eigenvalue weighted by Gasteiger charge is -2.31. The van der Waals surface area contributed by atoms with Crippen molar-refractivity contribution < 1.29 is 9.59 Å². The molecule has 0 aromatic carbocycles. The molecule has 1 rings (SSSR count). The van der Waals surface area contributed by atoms with Gasteiger partial charge in [0.2, 0.25) is 11.8 Å². The van der Waals surface area contributed by atoms with Crippen LogP contribution in [0.25, 0.3) is 0 Å². The Kier molecular flexibility index (Phi) is 6.95. The second-order valence-electron chi connectivity index (χ2n) is 5.54. The van der Waals surface area contributed by atoms with Crippen LogP contribution in [0.3, 0.4) is 0 Å². The molecule has 2 N–H and O–H groups in total. The van der Waals surface area contributed by atoms with Gasteiger partial charge in [-0.2, -0.15) is 0 Å². The minimum Gasteiger partial charge on any atom is -0.352 e. The Labute approximate surface area is 121 Å². The number of likely N-dealkylation sites (N-methyl/N-ethyl adjacent to an activating group) is 1. The molecule has 2 atom stereocenters. The van der Waals surface area contributed by atoms with Gasteiger partial charge in [-0.1, -0.05) is 6.92 Å². The molecular weight excluding hydrogens is 256 g/mol. The van der Waals surface area contributed by atoms with Crippen LogP contribution in [0.5, 0.6) is 0 Å². The van der Waals surface area contributed by atoms with Crippen molar-refractivity contribution in [2.24, 2.45) is 0 Å². The van der Waals surface area contributed by atoms with Crippen LogP contribution in [0.1, 0.15) is 27.2 Å². The predicted molar refractivity (Wildman–Crippen MR) is 79.4 cm³/mol. The first kappa shape index (κ1) is 16.9. The molecule has 1 saturated heterocycles. The van der Waals surface area contributed by atoms with E-state index in [1.54, 1.807) is 0 Å². The highest BCUT2D eigenvalue weighted by Crippen LogP contribution is 2.01. The van der Waals surface area contributed by atoms with Gasteiger partial charge in [0.25, 0.3) is 0 Å². The van der Waals surface area contributed by atoms with Crippen LogP contribution in [0, 0.1) is 0 Å². The van der Waals surface area contributed by atoms with Crippen molar-refractivity contribution in [1.29, 1.82) is 0 Å². The molecule has 1 aliphatic rings. The van der Waals surface area contributed by atoms with Crippen molar-refractivity contribution >= 4 is 11.8 Å². The van der Waals surface area contributed by atoms with Gasteiger partial charge >= 0.3 is 0 Å². The van der Waals surface area contributed by atoms with Gasteiger partial charge in [0, 0.05) is 32.2 Å². The monoisotopic (exact) mass is 284 g/mol. The lowest BCUT2D eigenvalue weighted by molar-refractivity contribution is -0.134. The number of amides is 2. The molecule has 0 bridgehead atoms. The molecule has 0 saturated carbocycles. The summed E-state index contributed by atoms with van der Waals surface area (Å²) in [6, 6.07) is -0.127. The van der Waals surface area contributed by atoms with Crippen LogP contribution < -0.4 is 10.6 Å². The third-order valence-electron chi connectivity index (χ3n) is 3.90. The Hall–Kier alpha value is -1.14. The van der Waals surface area contributed by atoms with Crippen LogP contribution in [-0.4, -0.2) is 73.5 Å². The highest BCUT2D eigenvalue weighted by Gasteiger charge is 2.23. The van der Waals surface area contributed by atoms with E-state index in [0.717, 1.165) is 32.6 Å². The largest absolute Gasteiger partial charge is 0.352 e. The van der Waals surface area contributed by atoms with E-state index in [-0.39, 0.29) is 30.4 Å². The summed E-state index contributed by atoms with van der Waals surface area (Å²) >= 11 is 0. The molecule has 0 radical (unpaired) electrons. The molecule has 1 heterocycles. The summed E-state index contributed by atoms with van der Waals surface area (Å²) in [6.45, 7) is 9.33. The Morgan fingerprint density at radius 2 is 1.90 bits per heavy atom. The van der Waals surface area contributed by atoms with Gasteiger partial charge in [0.1, 0.15) is 0 Å². The van der Waals surface area contributed by atoms with Crippen molar-refractivity contribution in [2.45, 2.75) is 39.3 Å². The van der Waals surface area contributed by atoms with E-state index in [9.17, 15) is 9.59 Å². The molecule has 20 heavy (non-hydrogen) atoms. The predicted octanol–water partition coefficient (Wildman–Crippen LogP) is -0.347. The Bertz CT molecular complexity index is 329. The standard InChI is InChI=1S/C14H28N4O2/c1-5-11(2)16-14(20)12(3)17(4)10-13(19)18-8-6-15-7-9-18/h11-12,15H,5-10H2,1-4H3,(H,16,20). The fourth-order valence-electron chi connectivity index (χ4n) is 2.03. The normalized spacial score (nSPS) is 18.8. The number of hydrogen-bond donors (Lipinski definition) is 2. The molecule has 0 aromatic heterocycles. The fourth-order valence-corrected chi connectivity index (χ4v) is 2.03. The van der Waals surface area contributed by atoms with Gasteiger partial charge in [-0.15, -0.1) is 0 Å². The number of carbonyl (C=O) groups excluding carboxylic acids is 2. The molecule has 2 unspecified atom stereocenters. The summed E-state index contributed by atoms with van der Waals surface area (Å²) in [7, 11) is 1.82. The van der Waals surface area contributed by atoms with Crippen LogP contribution >= 0.6 is 0 Å². The average molecular weight is 284 g/mol. The summed E-state index contributed by atoms with van der Waals surface area (Å²) in [5.74, 6) is 0.0761. The van der Waals surface area contributed by atoms with E-state index >= 15 is 0 Å². The molecular formula is C14H28N4O2. The topological polar surface area (TPSA) is 64.7 Å². The number of nitrogens with zero attached hydrogens (tertiary/aromatic N) is 2. The third-order valence-corrected chi connectivity index (χ3v) is 3.90. The highest BCUT2D eigenvalue weighted by molar-refractivity contribution is 5.83. The molecule has 1 aliphatic heterocycles. The number of carbonyl (C=O) groups is 2. The Morgan fingerprint density at radius 1 is 1.30 bits per heavy atom. The second kappa shape index (κ2) is 8.21. The molecule has 1 fully saturated rings. The number of rotatable bonds is 6. The lowest BCUT2D eigenvalue weighted by Crippen LogP contribution is -2.52. The van der Waals surface area contributed by atoms with Crippen molar-refractivity contribution in [2.75, 3.05) is 39.8 Å². The van der Waals surface area contributed by atoms with Gasteiger partial charge in [-0.3, -0.25) is 14.5 Å². The van der Waals surface area contributed by atoms with E-state index in [1.807, 2.05) is 37.6 Å².